The normalized spacial score (nSPS) is 17.0. The summed E-state index contributed by atoms with van der Waals surface area (Å²) in [5.74, 6) is 0.604. The van der Waals surface area contributed by atoms with Crippen LogP contribution in [0.1, 0.15) is 41.6 Å². The Morgan fingerprint density at radius 1 is 1.25 bits per heavy atom. The number of anilines is 1. The predicted molar refractivity (Wildman–Crippen MR) is 125 cm³/mol. The maximum absolute atomic E-state index is 12.9. The molecule has 8 nitrogen and oxygen atoms in total. The Kier molecular flexibility index (Phi) is 6.62. The predicted octanol–water partition coefficient (Wildman–Crippen LogP) is 2.80. The number of nitrogens with one attached hydrogen (secondary N) is 1. The molecule has 0 aliphatic carbocycles. The molecule has 1 aliphatic rings. The van der Waals surface area contributed by atoms with Gasteiger partial charge in [-0.2, -0.15) is 0 Å². The molecule has 1 amide bonds. The lowest BCUT2D eigenvalue weighted by atomic mass is 10.0. The highest BCUT2D eigenvalue weighted by Gasteiger charge is 2.25. The number of aromatic nitrogens is 3. The van der Waals surface area contributed by atoms with Crippen molar-refractivity contribution < 1.29 is 9.53 Å². The summed E-state index contributed by atoms with van der Waals surface area (Å²) in [5.41, 5.74) is 3.27. The van der Waals surface area contributed by atoms with Gasteiger partial charge in [0.1, 0.15) is 6.10 Å². The number of carbonyl (C=O) groups excluding carboxylic acids is 1. The third-order valence-corrected chi connectivity index (χ3v) is 5.38. The van der Waals surface area contributed by atoms with Crippen molar-refractivity contribution in [3.63, 3.8) is 0 Å². The zero-order valence-electron chi connectivity index (χ0n) is 19.1. The van der Waals surface area contributed by atoms with Gasteiger partial charge in [0, 0.05) is 63.1 Å². The highest BCUT2D eigenvalue weighted by Crippen LogP contribution is 2.27. The van der Waals surface area contributed by atoms with Crippen LogP contribution in [0, 0.1) is 0 Å². The molecule has 1 aromatic carbocycles. The monoisotopic (exact) mass is 434 g/mol. The third kappa shape index (κ3) is 5.03. The van der Waals surface area contributed by atoms with Crippen molar-refractivity contribution in [1.82, 2.24) is 25.2 Å². The molecule has 3 heterocycles. The number of pyridine rings is 1. The fourth-order valence-corrected chi connectivity index (χ4v) is 3.83. The molecule has 1 fully saturated rings. The first kappa shape index (κ1) is 22.1. The van der Waals surface area contributed by atoms with Crippen molar-refractivity contribution in [2.24, 2.45) is 0 Å². The van der Waals surface area contributed by atoms with Crippen LogP contribution in [0.2, 0.25) is 0 Å². The Hall–Kier alpha value is -3.10. The van der Waals surface area contributed by atoms with E-state index >= 15 is 0 Å². The molecular formula is C24H30N6O2. The summed E-state index contributed by atoms with van der Waals surface area (Å²) in [7, 11) is 3.85. The Labute approximate surface area is 188 Å². The van der Waals surface area contributed by atoms with Gasteiger partial charge >= 0.3 is 0 Å². The van der Waals surface area contributed by atoms with Crippen LogP contribution >= 0.6 is 0 Å². The second kappa shape index (κ2) is 9.58. The van der Waals surface area contributed by atoms with E-state index in [1.54, 1.807) is 0 Å². The molecule has 0 saturated carbocycles. The molecule has 1 unspecified atom stereocenters. The summed E-state index contributed by atoms with van der Waals surface area (Å²) in [4.78, 5) is 30.7. The molecule has 8 heteroatoms. The fourth-order valence-electron chi connectivity index (χ4n) is 3.83. The number of ether oxygens (including phenoxy) is 1. The smallest absolute Gasteiger partial charge is 0.252 e. The van der Waals surface area contributed by atoms with Crippen LogP contribution < -0.4 is 10.2 Å². The van der Waals surface area contributed by atoms with Gasteiger partial charge in [-0.25, -0.2) is 15.0 Å². The number of fused-ring (bicyclic) bond motifs is 1. The van der Waals surface area contributed by atoms with Crippen molar-refractivity contribution in [3.8, 4) is 0 Å². The maximum Gasteiger partial charge on any atom is 0.252 e. The molecule has 168 valence electrons. The molecule has 0 radical (unpaired) electrons. The number of amides is 1. The lowest BCUT2D eigenvalue weighted by molar-refractivity contribution is -0.0349. The summed E-state index contributed by atoms with van der Waals surface area (Å²) in [6, 6.07) is 9.68. The zero-order chi connectivity index (χ0) is 22.7. The van der Waals surface area contributed by atoms with Gasteiger partial charge in [-0.05, 0) is 26.0 Å². The van der Waals surface area contributed by atoms with Crippen LogP contribution in [-0.2, 0) is 11.3 Å². The minimum Gasteiger partial charge on any atom is -0.369 e. The quantitative estimate of drug-likeness (QED) is 0.639. The molecule has 0 bridgehead atoms. The van der Waals surface area contributed by atoms with E-state index in [-0.39, 0.29) is 18.1 Å². The second-order valence-corrected chi connectivity index (χ2v) is 8.62. The first-order chi connectivity index (χ1) is 15.4. The summed E-state index contributed by atoms with van der Waals surface area (Å²) in [6.45, 7) is 6.76. The van der Waals surface area contributed by atoms with Crippen LogP contribution in [0.4, 0.5) is 5.95 Å². The molecular weight excluding hydrogens is 404 g/mol. The van der Waals surface area contributed by atoms with Crippen LogP contribution in [-0.4, -0.2) is 65.6 Å². The number of rotatable bonds is 6. The van der Waals surface area contributed by atoms with E-state index in [2.05, 4.69) is 20.2 Å². The van der Waals surface area contributed by atoms with E-state index in [1.165, 1.54) is 0 Å². The van der Waals surface area contributed by atoms with E-state index in [9.17, 15) is 4.79 Å². The van der Waals surface area contributed by atoms with Gasteiger partial charge in [0.15, 0.2) is 0 Å². The molecule has 32 heavy (non-hydrogen) atoms. The van der Waals surface area contributed by atoms with Crippen molar-refractivity contribution in [2.45, 2.75) is 32.5 Å². The highest BCUT2D eigenvalue weighted by atomic mass is 16.5. The van der Waals surface area contributed by atoms with Gasteiger partial charge in [0.05, 0.1) is 23.4 Å². The Balaban J connectivity index is 1.56. The number of benzene rings is 1. The van der Waals surface area contributed by atoms with Crippen LogP contribution in [0.25, 0.3) is 10.9 Å². The van der Waals surface area contributed by atoms with Crippen molar-refractivity contribution in [3.05, 3.63) is 59.5 Å². The molecule has 1 saturated heterocycles. The average molecular weight is 435 g/mol. The standard InChI is InChI=1S/C24H30N6O2/c1-16(2)27-23(31)19-11-21(28-20-8-6-5-7-18(19)20)22-15-30(9-10-32-22)14-17-12-25-24(26-13-17)29(3)4/h5-8,11-13,16,22H,9-10,14-15H2,1-4H3,(H,27,31). The highest BCUT2D eigenvalue weighted by molar-refractivity contribution is 6.06. The van der Waals surface area contributed by atoms with E-state index < -0.39 is 0 Å². The van der Waals surface area contributed by atoms with Crippen molar-refractivity contribution in [2.75, 3.05) is 38.7 Å². The van der Waals surface area contributed by atoms with Gasteiger partial charge in [-0.3, -0.25) is 9.69 Å². The first-order valence-corrected chi connectivity index (χ1v) is 10.9. The summed E-state index contributed by atoms with van der Waals surface area (Å²) >= 11 is 0. The molecule has 1 N–H and O–H groups in total. The van der Waals surface area contributed by atoms with Gasteiger partial charge < -0.3 is 15.0 Å². The lowest BCUT2D eigenvalue weighted by Crippen LogP contribution is -2.38. The number of hydrogen-bond donors (Lipinski definition) is 1. The van der Waals surface area contributed by atoms with Crippen LogP contribution in [0.5, 0.6) is 0 Å². The fraction of sp³-hybridized carbons (Fsp3) is 0.417. The van der Waals surface area contributed by atoms with E-state index in [0.717, 1.165) is 35.2 Å². The average Bonchev–Trinajstić information content (AvgIpc) is 2.78. The van der Waals surface area contributed by atoms with Crippen molar-refractivity contribution >= 4 is 22.8 Å². The summed E-state index contributed by atoms with van der Waals surface area (Å²) in [5, 5.41) is 3.85. The molecule has 0 spiro atoms. The molecule has 1 aliphatic heterocycles. The molecule has 2 aromatic heterocycles. The van der Waals surface area contributed by atoms with Gasteiger partial charge in [-0.15, -0.1) is 0 Å². The van der Waals surface area contributed by atoms with Gasteiger partial charge in [0.2, 0.25) is 5.95 Å². The Bertz CT molecular complexity index is 1080. The van der Waals surface area contributed by atoms with Crippen LogP contribution in [0.3, 0.4) is 0 Å². The molecule has 4 rings (SSSR count). The number of hydrogen-bond acceptors (Lipinski definition) is 7. The largest absolute Gasteiger partial charge is 0.369 e. The SMILES string of the molecule is CC(C)NC(=O)c1cc(C2CN(Cc3cnc(N(C)C)nc3)CCO2)nc2ccccc12. The molecule has 3 aromatic rings. The van der Waals surface area contributed by atoms with Crippen LogP contribution in [0.15, 0.2) is 42.7 Å². The van der Waals surface area contributed by atoms with E-state index in [1.807, 2.05) is 75.6 Å². The number of nitrogens with zero attached hydrogens (tertiary/aromatic N) is 5. The maximum atomic E-state index is 12.9. The van der Waals surface area contributed by atoms with E-state index in [0.29, 0.717) is 24.7 Å². The first-order valence-electron chi connectivity index (χ1n) is 10.9. The van der Waals surface area contributed by atoms with Gasteiger partial charge in [-0.1, -0.05) is 18.2 Å². The summed E-state index contributed by atoms with van der Waals surface area (Å²) in [6.07, 6.45) is 3.53. The Morgan fingerprint density at radius 2 is 2.00 bits per heavy atom. The Morgan fingerprint density at radius 3 is 2.72 bits per heavy atom. The van der Waals surface area contributed by atoms with E-state index in [4.69, 9.17) is 9.72 Å². The minimum atomic E-state index is -0.207. The topological polar surface area (TPSA) is 83.5 Å². The number of carbonyl (C=O) groups is 1. The molecule has 1 atom stereocenters. The minimum absolute atomic E-state index is 0.0559. The zero-order valence-corrected chi connectivity index (χ0v) is 19.1. The number of morpholine rings is 1. The van der Waals surface area contributed by atoms with Gasteiger partial charge in [0.25, 0.3) is 5.91 Å². The third-order valence-electron chi connectivity index (χ3n) is 5.38. The van der Waals surface area contributed by atoms with Crippen molar-refractivity contribution in [1.29, 1.82) is 0 Å². The lowest BCUT2D eigenvalue weighted by Gasteiger charge is -2.32. The summed E-state index contributed by atoms with van der Waals surface area (Å²) < 4.78 is 6.07. The second-order valence-electron chi connectivity index (χ2n) is 8.62. The number of para-hydroxylation sites is 1.